The first-order valence-corrected chi connectivity index (χ1v) is 14.8. The number of thioether (sulfide) groups is 2. The number of ketones is 1. The number of nitrogens with one attached hydrogen (secondary N) is 2. The number of para-hydroxylation sites is 1. The Bertz CT molecular complexity index is 1490. The number of carbonyl (C=O) groups is 3. The number of rotatable bonds is 7. The average molecular weight is 589 g/mol. The first-order chi connectivity index (χ1) is 19.8. The lowest BCUT2D eigenvalue weighted by Gasteiger charge is -2.19. The molecule has 0 aromatic heterocycles. The molecule has 0 spiro atoms. The van der Waals surface area contributed by atoms with Crippen LogP contribution in [-0.4, -0.2) is 47.9 Å². The van der Waals surface area contributed by atoms with E-state index in [1.165, 1.54) is 23.8 Å². The molecule has 2 N–H and O–H groups in total. The summed E-state index contributed by atoms with van der Waals surface area (Å²) in [6.45, 7) is 7.60. The van der Waals surface area contributed by atoms with E-state index in [0.717, 1.165) is 45.5 Å². The fourth-order valence-corrected chi connectivity index (χ4v) is 6.53. The number of fused-ring (bicyclic) bond motifs is 1. The van der Waals surface area contributed by atoms with Gasteiger partial charge in [0.1, 0.15) is 9.93 Å². The first-order valence-electron chi connectivity index (χ1n) is 13.2. The van der Waals surface area contributed by atoms with E-state index in [1.54, 1.807) is 43.0 Å². The van der Waals surface area contributed by atoms with Crippen molar-refractivity contribution in [1.82, 2.24) is 4.90 Å². The Balaban J connectivity index is 0.000000271. The second-order valence-electron chi connectivity index (χ2n) is 9.10. The first kappa shape index (κ1) is 30.0. The maximum Gasteiger partial charge on any atom is 0.337 e. The average Bonchev–Trinajstić information content (AvgIpc) is 3.50. The van der Waals surface area contributed by atoms with Gasteiger partial charge in [0.15, 0.2) is 11.0 Å². The van der Waals surface area contributed by atoms with Crippen LogP contribution in [0, 0.1) is 5.41 Å². The van der Waals surface area contributed by atoms with Crippen LogP contribution in [0.1, 0.15) is 47.1 Å². The number of carbonyl (C=O) groups excluding carboxylic acids is 3. The van der Waals surface area contributed by atoms with E-state index < -0.39 is 5.97 Å². The third-order valence-electron chi connectivity index (χ3n) is 6.39. The highest BCUT2D eigenvalue weighted by Crippen LogP contribution is 2.50. The highest BCUT2D eigenvalue weighted by atomic mass is 32.2. The van der Waals surface area contributed by atoms with E-state index in [2.05, 4.69) is 23.2 Å². The summed E-state index contributed by atoms with van der Waals surface area (Å²) in [5.74, 6) is -0.453. The number of hydrogen-bond acceptors (Lipinski definition) is 9. The number of benzene rings is 3. The lowest BCUT2D eigenvalue weighted by molar-refractivity contribution is -0.122. The lowest BCUT2D eigenvalue weighted by atomic mass is 10.1. The second-order valence-corrected chi connectivity index (χ2v) is 11.1. The number of anilines is 2. The Morgan fingerprint density at radius 3 is 2.17 bits per heavy atom. The predicted molar refractivity (Wildman–Crippen MR) is 167 cm³/mol. The molecule has 0 radical (unpaired) electrons. The van der Waals surface area contributed by atoms with Gasteiger partial charge < -0.3 is 15.0 Å². The Hall–Kier alpha value is -4.02. The van der Waals surface area contributed by atoms with E-state index in [4.69, 9.17) is 10.1 Å². The molecule has 212 valence electrons. The van der Waals surface area contributed by atoms with Crippen molar-refractivity contribution in [3.8, 4) is 0 Å². The molecule has 2 aliphatic rings. The molecule has 2 aliphatic heterocycles. The van der Waals surface area contributed by atoms with Crippen LogP contribution in [0.4, 0.5) is 11.4 Å². The molecular formula is C31H32N4O4S2. The van der Waals surface area contributed by atoms with Crippen molar-refractivity contribution < 1.29 is 19.1 Å². The normalized spacial score (nSPS) is 15.8. The standard InChI is InChI=1S/C21H19N3O3S2.C10H13NO/c1-3-23-15-6-4-5-7-16(15)28-19(23)17-18(25)24(21(22)29-17)12-13-8-10-14(11-9-13)20(26)27-2;1-3-11-10-6-4-9(5-7-10)8(2)12/h4-11,22H,3,12H2,1-2H3;4-7,11H,3H2,1-2H3/b19-17-,22-21?;. The van der Waals surface area contributed by atoms with Gasteiger partial charge in [0, 0.05) is 29.2 Å². The number of amidine groups is 1. The molecule has 0 atom stereocenters. The number of nitrogens with zero attached hydrogens (tertiary/aromatic N) is 2. The Morgan fingerprint density at radius 1 is 0.902 bits per heavy atom. The summed E-state index contributed by atoms with van der Waals surface area (Å²) in [4.78, 5) is 40.9. The molecule has 3 aromatic rings. The van der Waals surface area contributed by atoms with Gasteiger partial charge in [-0.25, -0.2) is 4.79 Å². The van der Waals surface area contributed by atoms with E-state index in [-0.39, 0.29) is 23.4 Å². The van der Waals surface area contributed by atoms with Crippen molar-refractivity contribution in [3.05, 3.63) is 99.4 Å². The molecule has 0 unspecified atom stereocenters. The van der Waals surface area contributed by atoms with Gasteiger partial charge in [0.05, 0.1) is 24.9 Å². The van der Waals surface area contributed by atoms with Crippen LogP contribution in [0.3, 0.4) is 0 Å². The van der Waals surface area contributed by atoms with E-state index in [9.17, 15) is 14.4 Å². The van der Waals surface area contributed by atoms with Crippen molar-refractivity contribution in [2.24, 2.45) is 0 Å². The van der Waals surface area contributed by atoms with Gasteiger partial charge >= 0.3 is 5.97 Å². The van der Waals surface area contributed by atoms with Crippen LogP contribution in [0.25, 0.3) is 0 Å². The molecule has 1 fully saturated rings. The van der Waals surface area contributed by atoms with Gasteiger partial charge in [-0.3, -0.25) is 19.9 Å². The quantitative estimate of drug-likeness (QED) is 0.181. The van der Waals surface area contributed by atoms with E-state index in [1.807, 2.05) is 49.4 Å². The minimum Gasteiger partial charge on any atom is -0.465 e. The van der Waals surface area contributed by atoms with Crippen molar-refractivity contribution in [1.29, 1.82) is 5.41 Å². The maximum absolute atomic E-state index is 13.1. The van der Waals surface area contributed by atoms with Crippen LogP contribution in [0.5, 0.6) is 0 Å². The van der Waals surface area contributed by atoms with Crippen molar-refractivity contribution in [2.75, 3.05) is 30.4 Å². The summed E-state index contributed by atoms with van der Waals surface area (Å²) >= 11 is 2.78. The molecule has 1 amide bonds. The van der Waals surface area contributed by atoms with Crippen LogP contribution in [-0.2, 0) is 16.1 Å². The molecule has 8 nitrogen and oxygen atoms in total. The summed E-state index contributed by atoms with van der Waals surface area (Å²) in [5, 5.41) is 12.6. The molecule has 2 heterocycles. The highest BCUT2D eigenvalue weighted by Gasteiger charge is 2.38. The van der Waals surface area contributed by atoms with Crippen LogP contribution in [0.2, 0.25) is 0 Å². The number of amides is 1. The van der Waals surface area contributed by atoms with Crippen molar-refractivity contribution >= 4 is 57.7 Å². The van der Waals surface area contributed by atoms with Gasteiger partial charge in [-0.2, -0.15) is 0 Å². The minimum atomic E-state index is -0.401. The fourth-order valence-electron chi connectivity index (χ4n) is 4.28. The van der Waals surface area contributed by atoms with Gasteiger partial charge in [0.2, 0.25) is 0 Å². The predicted octanol–water partition coefficient (Wildman–Crippen LogP) is 6.61. The molecule has 1 saturated heterocycles. The van der Waals surface area contributed by atoms with Gasteiger partial charge in [-0.1, -0.05) is 36.0 Å². The Labute approximate surface area is 248 Å². The molecule has 5 rings (SSSR count). The Kier molecular flexibility index (Phi) is 9.91. The number of esters is 1. The molecule has 3 aromatic carbocycles. The molecule has 0 saturated carbocycles. The minimum absolute atomic E-state index is 0.109. The third kappa shape index (κ3) is 6.83. The van der Waals surface area contributed by atoms with Gasteiger partial charge in [0.25, 0.3) is 5.91 Å². The molecule has 41 heavy (non-hydrogen) atoms. The molecular weight excluding hydrogens is 556 g/mol. The van der Waals surface area contributed by atoms with E-state index in [0.29, 0.717) is 10.5 Å². The molecule has 10 heteroatoms. The number of Topliss-reactive ketones (excluding diaryl/α,β-unsaturated/α-hetero) is 1. The molecule has 0 bridgehead atoms. The zero-order valence-corrected chi connectivity index (χ0v) is 25.0. The van der Waals surface area contributed by atoms with Crippen molar-refractivity contribution in [2.45, 2.75) is 32.2 Å². The Morgan fingerprint density at radius 2 is 1.56 bits per heavy atom. The summed E-state index contributed by atoms with van der Waals surface area (Å²) in [5.41, 5.74) is 4.21. The summed E-state index contributed by atoms with van der Waals surface area (Å²) in [6.07, 6.45) is 0. The second kappa shape index (κ2) is 13.6. The van der Waals surface area contributed by atoms with Gasteiger partial charge in [-0.05, 0) is 86.6 Å². The fraction of sp³-hybridized carbons (Fsp3) is 0.226. The monoisotopic (exact) mass is 588 g/mol. The number of hydrogen-bond donors (Lipinski definition) is 2. The summed E-state index contributed by atoms with van der Waals surface area (Å²) < 4.78 is 4.71. The van der Waals surface area contributed by atoms with Crippen molar-refractivity contribution in [3.63, 3.8) is 0 Å². The van der Waals surface area contributed by atoms with E-state index >= 15 is 0 Å². The zero-order valence-electron chi connectivity index (χ0n) is 23.4. The largest absolute Gasteiger partial charge is 0.465 e. The topological polar surface area (TPSA) is 103 Å². The summed E-state index contributed by atoms with van der Waals surface area (Å²) in [7, 11) is 1.34. The number of ether oxygens (including phenoxy) is 1. The number of methoxy groups -OCH3 is 1. The van der Waals surface area contributed by atoms with Gasteiger partial charge in [-0.15, -0.1) is 0 Å². The highest BCUT2D eigenvalue weighted by molar-refractivity contribution is 8.19. The van der Waals surface area contributed by atoms with Crippen LogP contribution in [0.15, 0.2) is 87.6 Å². The molecule has 0 aliphatic carbocycles. The smallest absolute Gasteiger partial charge is 0.337 e. The lowest BCUT2D eigenvalue weighted by Crippen LogP contribution is -2.29. The SMILES string of the molecule is CCN1/C(=C2/SC(=N)N(Cc3ccc(C(=O)OC)cc3)C2=O)Sc2ccccc21.CCNc1ccc(C(C)=O)cc1. The maximum atomic E-state index is 13.1. The van der Waals surface area contributed by atoms with Crippen LogP contribution >= 0.6 is 23.5 Å². The van der Waals surface area contributed by atoms with Crippen LogP contribution < -0.4 is 10.2 Å². The summed E-state index contributed by atoms with van der Waals surface area (Å²) in [6, 6.07) is 22.5. The zero-order chi connectivity index (χ0) is 29.5. The third-order valence-corrected chi connectivity index (χ3v) is 8.69.